The molecule has 1 atom stereocenters. The van der Waals surface area contributed by atoms with E-state index in [9.17, 15) is 4.79 Å². The number of aromatic nitrogens is 1. The number of nitrogens with zero attached hydrogens (tertiary/aromatic N) is 1. The van der Waals surface area contributed by atoms with Gasteiger partial charge in [-0.15, -0.1) is 0 Å². The fourth-order valence-corrected chi connectivity index (χ4v) is 1.42. The van der Waals surface area contributed by atoms with Gasteiger partial charge in [-0.2, -0.15) is 0 Å². The van der Waals surface area contributed by atoms with Crippen LogP contribution in [0.4, 0.5) is 4.79 Å². The molecule has 1 heterocycles. The van der Waals surface area contributed by atoms with Crippen LogP contribution in [0.2, 0.25) is 5.02 Å². The first-order valence-electron chi connectivity index (χ1n) is 3.96. The molecule has 0 bridgehead atoms. The van der Waals surface area contributed by atoms with Crippen molar-refractivity contribution in [3.8, 4) is 0 Å². The Kier molecular flexibility index (Phi) is 4.31. The first-order chi connectivity index (χ1) is 7.04. The van der Waals surface area contributed by atoms with E-state index in [0.29, 0.717) is 15.2 Å². The third-order valence-corrected chi connectivity index (χ3v) is 2.85. The van der Waals surface area contributed by atoms with Gasteiger partial charge in [0.05, 0.1) is 23.4 Å². The SMILES string of the molecule is O=C(O)NC(CO)c1cc(Br)c(Cl)cn1. The number of pyridine rings is 1. The lowest BCUT2D eigenvalue weighted by atomic mass is 10.2. The fourth-order valence-electron chi connectivity index (χ4n) is 0.982. The molecule has 0 spiro atoms. The van der Waals surface area contributed by atoms with E-state index in [2.05, 4.69) is 26.2 Å². The number of carboxylic acid groups (broad SMARTS) is 1. The molecule has 0 aliphatic heterocycles. The number of rotatable bonds is 3. The molecular formula is C8H8BrClN2O3. The second kappa shape index (κ2) is 5.29. The Balaban J connectivity index is 2.92. The molecule has 1 unspecified atom stereocenters. The number of nitrogens with one attached hydrogen (secondary N) is 1. The summed E-state index contributed by atoms with van der Waals surface area (Å²) in [6.07, 6.45) is 0.162. The van der Waals surface area contributed by atoms with Gasteiger partial charge >= 0.3 is 6.09 Å². The first kappa shape index (κ1) is 12.2. The lowest BCUT2D eigenvalue weighted by Gasteiger charge is -2.13. The first-order valence-corrected chi connectivity index (χ1v) is 5.13. The van der Waals surface area contributed by atoms with Crippen LogP contribution in [-0.4, -0.2) is 27.9 Å². The molecule has 5 nitrogen and oxygen atoms in total. The minimum absolute atomic E-state index is 0.368. The molecule has 82 valence electrons. The number of halogens is 2. The molecule has 1 aromatic heterocycles. The van der Waals surface area contributed by atoms with Gasteiger partial charge in [0.15, 0.2) is 0 Å². The van der Waals surface area contributed by atoms with E-state index >= 15 is 0 Å². The number of hydrogen-bond donors (Lipinski definition) is 3. The molecule has 0 radical (unpaired) electrons. The Morgan fingerprint density at radius 2 is 2.40 bits per heavy atom. The van der Waals surface area contributed by atoms with E-state index in [1.165, 1.54) is 6.20 Å². The summed E-state index contributed by atoms with van der Waals surface area (Å²) in [7, 11) is 0. The zero-order valence-corrected chi connectivity index (χ0v) is 9.79. The summed E-state index contributed by atoms with van der Waals surface area (Å²) in [4.78, 5) is 14.3. The summed E-state index contributed by atoms with van der Waals surface area (Å²) >= 11 is 8.91. The van der Waals surface area contributed by atoms with Crippen LogP contribution in [0.5, 0.6) is 0 Å². The quantitative estimate of drug-likeness (QED) is 0.794. The molecule has 0 aliphatic carbocycles. The van der Waals surface area contributed by atoms with E-state index < -0.39 is 12.1 Å². The van der Waals surface area contributed by atoms with Gasteiger partial charge in [0.2, 0.25) is 0 Å². The van der Waals surface area contributed by atoms with Crippen molar-refractivity contribution in [2.24, 2.45) is 0 Å². The van der Waals surface area contributed by atoms with Crippen LogP contribution in [0, 0.1) is 0 Å². The second-order valence-electron chi connectivity index (χ2n) is 2.71. The van der Waals surface area contributed by atoms with Crippen molar-refractivity contribution in [2.75, 3.05) is 6.61 Å². The molecule has 15 heavy (non-hydrogen) atoms. The summed E-state index contributed by atoms with van der Waals surface area (Å²) in [6.45, 7) is -0.368. The molecule has 0 fully saturated rings. The van der Waals surface area contributed by atoms with Crippen LogP contribution in [0.3, 0.4) is 0 Å². The minimum atomic E-state index is -1.22. The molecular weight excluding hydrogens is 287 g/mol. The number of hydrogen-bond acceptors (Lipinski definition) is 3. The molecule has 3 N–H and O–H groups in total. The minimum Gasteiger partial charge on any atom is -0.465 e. The summed E-state index contributed by atoms with van der Waals surface area (Å²) in [5.41, 5.74) is 0.399. The van der Waals surface area contributed by atoms with E-state index in [1.807, 2.05) is 0 Å². The number of amides is 1. The Morgan fingerprint density at radius 1 is 1.73 bits per heavy atom. The summed E-state index contributed by atoms with van der Waals surface area (Å²) in [5.74, 6) is 0. The molecule has 1 rings (SSSR count). The van der Waals surface area contributed by atoms with Gasteiger partial charge in [-0.1, -0.05) is 11.6 Å². The summed E-state index contributed by atoms with van der Waals surface area (Å²) in [6, 6.07) is 0.801. The molecule has 0 aromatic carbocycles. The Morgan fingerprint density at radius 3 is 2.87 bits per heavy atom. The molecule has 0 saturated heterocycles. The second-order valence-corrected chi connectivity index (χ2v) is 3.97. The number of aliphatic hydroxyl groups is 1. The molecule has 7 heteroatoms. The fraction of sp³-hybridized carbons (Fsp3) is 0.250. The Hall–Kier alpha value is -0.850. The van der Waals surface area contributed by atoms with E-state index in [-0.39, 0.29) is 6.61 Å². The van der Waals surface area contributed by atoms with Crippen molar-refractivity contribution in [2.45, 2.75) is 6.04 Å². The number of aliphatic hydroxyl groups excluding tert-OH is 1. The van der Waals surface area contributed by atoms with Gasteiger partial charge in [0.1, 0.15) is 0 Å². The lowest BCUT2D eigenvalue weighted by Crippen LogP contribution is -2.29. The van der Waals surface area contributed by atoms with E-state index in [4.69, 9.17) is 21.8 Å². The predicted octanol–water partition coefficient (Wildman–Crippen LogP) is 1.80. The highest BCUT2D eigenvalue weighted by molar-refractivity contribution is 9.10. The van der Waals surface area contributed by atoms with Gasteiger partial charge in [-0.05, 0) is 22.0 Å². The van der Waals surface area contributed by atoms with Crippen LogP contribution in [0.1, 0.15) is 11.7 Å². The smallest absolute Gasteiger partial charge is 0.405 e. The van der Waals surface area contributed by atoms with E-state index in [1.54, 1.807) is 6.07 Å². The maximum Gasteiger partial charge on any atom is 0.405 e. The highest BCUT2D eigenvalue weighted by atomic mass is 79.9. The van der Waals surface area contributed by atoms with Gasteiger partial charge in [-0.3, -0.25) is 4.98 Å². The monoisotopic (exact) mass is 294 g/mol. The predicted molar refractivity (Wildman–Crippen MR) is 57.9 cm³/mol. The largest absolute Gasteiger partial charge is 0.465 e. The van der Waals surface area contributed by atoms with Gasteiger partial charge in [0.25, 0.3) is 0 Å². The third kappa shape index (κ3) is 3.33. The topological polar surface area (TPSA) is 82.5 Å². The van der Waals surface area contributed by atoms with Crippen molar-refractivity contribution in [3.05, 3.63) is 27.5 Å². The molecule has 0 aliphatic rings. The highest BCUT2D eigenvalue weighted by Crippen LogP contribution is 2.23. The summed E-state index contributed by atoms with van der Waals surface area (Å²) in [5, 5.41) is 20.0. The third-order valence-electron chi connectivity index (χ3n) is 1.67. The lowest BCUT2D eigenvalue weighted by molar-refractivity contribution is 0.177. The van der Waals surface area contributed by atoms with Crippen LogP contribution < -0.4 is 5.32 Å². The summed E-state index contributed by atoms with van der Waals surface area (Å²) < 4.78 is 0.597. The number of carbonyl (C=O) groups is 1. The van der Waals surface area contributed by atoms with Gasteiger partial charge in [0, 0.05) is 10.7 Å². The van der Waals surface area contributed by atoms with Crippen LogP contribution in [-0.2, 0) is 0 Å². The van der Waals surface area contributed by atoms with Crippen molar-refractivity contribution < 1.29 is 15.0 Å². The van der Waals surface area contributed by atoms with Crippen molar-refractivity contribution in [3.63, 3.8) is 0 Å². The maximum atomic E-state index is 10.4. The Bertz CT molecular complexity index is 375. The van der Waals surface area contributed by atoms with Crippen molar-refractivity contribution >= 4 is 33.6 Å². The highest BCUT2D eigenvalue weighted by Gasteiger charge is 2.15. The van der Waals surface area contributed by atoms with Gasteiger partial charge < -0.3 is 15.5 Å². The average Bonchev–Trinajstić information content (AvgIpc) is 2.18. The molecule has 1 aromatic rings. The Labute approximate surface area is 99.2 Å². The molecule has 1 amide bonds. The van der Waals surface area contributed by atoms with Gasteiger partial charge in [-0.25, -0.2) is 4.79 Å². The van der Waals surface area contributed by atoms with Crippen LogP contribution >= 0.6 is 27.5 Å². The van der Waals surface area contributed by atoms with Crippen LogP contribution in [0.15, 0.2) is 16.7 Å². The van der Waals surface area contributed by atoms with Crippen molar-refractivity contribution in [1.29, 1.82) is 0 Å². The van der Waals surface area contributed by atoms with Crippen molar-refractivity contribution in [1.82, 2.24) is 10.3 Å². The standard InChI is InChI=1S/C8H8BrClN2O3/c9-4-1-6(11-2-5(4)10)7(3-13)12-8(14)15/h1-2,7,12-13H,3H2,(H,14,15). The zero-order valence-electron chi connectivity index (χ0n) is 7.44. The molecule has 0 saturated carbocycles. The normalized spacial score (nSPS) is 12.2. The average molecular weight is 296 g/mol. The maximum absolute atomic E-state index is 10.4. The van der Waals surface area contributed by atoms with E-state index in [0.717, 1.165) is 0 Å². The van der Waals surface area contributed by atoms with Crippen LogP contribution in [0.25, 0.3) is 0 Å². The zero-order chi connectivity index (χ0) is 11.4.